The van der Waals surface area contributed by atoms with Gasteiger partial charge in [0.2, 0.25) is 17.7 Å². The number of amides is 4. The van der Waals surface area contributed by atoms with Gasteiger partial charge in [-0.25, -0.2) is 0 Å². The van der Waals surface area contributed by atoms with Crippen molar-refractivity contribution in [1.29, 1.82) is 0 Å². The number of hydrogen-bond acceptors (Lipinski definition) is 9. The van der Waals surface area contributed by atoms with E-state index in [0.29, 0.717) is 19.4 Å². The number of unbranched alkanes of at least 4 members (excludes halogenated alkanes) is 1. The van der Waals surface area contributed by atoms with Gasteiger partial charge >= 0.3 is 5.97 Å². The molecule has 0 aliphatic carbocycles. The van der Waals surface area contributed by atoms with Crippen molar-refractivity contribution in [1.82, 2.24) is 16.0 Å². The molecule has 8 N–H and O–H groups in total. The number of carbonyl (C=O) groups excluding carboxylic acids is 4. The fraction of sp³-hybridized carbons (Fsp3) is 0.476. The molecular formula is C21H28N6O9. The third kappa shape index (κ3) is 7.90. The Morgan fingerprint density at radius 3 is 2.36 bits per heavy atom. The van der Waals surface area contributed by atoms with Crippen LogP contribution < -0.4 is 32.2 Å². The topological polar surface area (TPSA) is 246 Å². The van der Waals surface area contributed by atoms with Crippen molar-refractivity contribution in [3.05, 3.63) is 33.9 Å². The van der Waals surface area contributed by atoms with E-state index in [9.17, 15) is 34.1 Å². The van der Waals surface area contributed by atoms with Gasteiger partial charge in [-0.05, 0) is 38.3 Å². The van der Waals surface area contributed by atoms with E-state index >= 15 is 0 Å². The summed E-state index contributed by atoms with van der Waals surface area (Å²) in [5.74, 6) is -4.96. The lowest BCUT2D eigenvalue weighted by molar-refractivity contribution is -0.384. The third-order valence-corrected chi connectivity index (χ3v) is 5.33. The second kappa shape index (κ2) is 13.0. The molecule has 15 heteroatoms. The number of carbonyl (C=O) groups is 5. The largest absolute Gasteiger partial charge is 0.490 e. The van der Waals surface area contributed by atoms with Crippen LogP contribution in [0, 0.1) is 10.1 Å². The van der Waals surface area contributed by atoms with Gasteiger partial charge in [0.05, 0.1) is 10.5 Å². The van der Waals surface area contributed by atoms with Gasteiger partial charge < -0.3 is 37.3 Å². The number of nitrogens with one attached hydrogen (secondary N) is 3. The summed E-state index contributed by atoms with van der Waals surface area (Å²) in [4.78, 5) is 72.4. The molecule has 4 amide bonds. The molecule has 1 aliphatic rings. The lowest BCUT2D eigenvalue weighted by atomic mass is 10.1. The smallest absolute Gasteiger partial charge is 0.303 e. The van der Waals surface area contributed by atoms with Gasteiger partial charge in [-0.15, -0.1) is 0 Å². The Morgan fingerprint density at radius 2 is 1.75 bits per heavy atom. The van der Waals surface area contributed by atoms with Gasteiger partial charge in [0, 0.05) is 18.6 Å². The molecule has 0 spiro atoms. The molecule has 0 fully saturated rings. The first kappa shape index (κ1) is 28.0. The molecule has 1 aromatic rings. The number of nitrogens with two attached hydrogens (primary N) is 2. The molecule has 0 aromatic heterocycles. The lowest BCUT2D eigenvalue weighted by Gasteiger charge is -2.24. The van der Waals surface area contributed by atoms with Crippen LogP contribution >= 0.6 is 0 Å². The van der Waals surface area contributed by atoms with Crippen molar-refractivity contribution < 1.29 is 38.7 Å². The van der Waals surface area contributed by atoms with Crippen LogP contribution in [0.2, 0.25) is 0 Å². The molecule has 1 aliphatic heterocycles. The van der Waals surface area contributed by atoms with E-state index in [2.05, 4.69) is 16.0 Å². The summed E-state index contributed by atoms with van der Waals surface area (Å²) in [5.41, 5.74) is 10.1. The Labute approximate surface area is 205 Å². The quantitative estimate of drug-likeness (QED) is 0.128. The maximum Gasteiger partial charge on any atom is 0.303 e. The number of aliphatic carboxylic acids is 1. The summed E-state index contributed by atoms with van der Waals surface area (Å²) in [7, 11) is 0. The molecule has 0 saturated heterocycles. The van der Waals surface area contributed by atoms with E-state index in [1.54, 1.807) is 0 Å². The van der Waals surface area contributed by atoms with Crippen LogP contribution in [0.5, 0.6) is 5.75 Å². The summed E-state index contributed by atoms with van der Waals surface area (Å²) >= 11 is 0. The zero-order valence-electron chi connectivity index (χ0n) is 19.2. The van der Waals surface area contributed by atoms with E-state index in [4.69, 9.17) is 21.3 Å². The van der Waals surface area contributed by atoms with Crippen LogP contribution in [0.1, 0.15) is 42.5 Å². The average molecular weight is 508 g/mol. The number of non-ortho nitro benzene ring substituents is 1. The van der Waals surface area contributed by atoms with Crippen molar-refractivity contribution in [3.8, 4) is 5.75 Å². The van der Waals surface area contributed by atoms with Gasteiger partial charge in [-0.2, -0.15) is 0 Å². The molecule has 1 aromatic carbocycles. The fourth-order valence-electron chi connectivity index (χ4n) is 3.38. The van der Waals surface area contributed by atoms with E-state index in [1.165, 1.54) is 0 Å². The predicted molar refractivity (Wildman–Crippen MR) is 123 cm³/mol. The number of fused-ring (bicyclic) bond motifs is 1. The summed E-state index contributed by atoms with van der Waals surface area (Å²) in [6.45, 7) is -0.174. The minimum absolute atomic E-state index is 0.132. The Balaban J connectivity index is 2.50. The zero-order valence-corrected chi connectivity index (χ0v) is 19.2. The Morgan fingerprint density at radius 1 is 1.08 bits per heavy atom. The standard InChI is InChI=1S/C21H28N6O9/c22-8-2-1-3-13-20(32)26-15(18(23)30)10-36-16-6-4-11(27(34)35)9-12(16)19(31)24-14(21(33)25-13)5-7-17(28)29/h4,6,9,13-15H,1-3,5,7-8,10,22H2,(H2,23,30)(H,24,31)(H,25,33)(H,26,32)(H,28,29)/t13-,14-,15-/m0/s1. The van der Waals surface area contributed by atoms with Crippen LogP contribution in [0.25, 0.3) is 0 Å². The summed E-state index contributed by atoms with van der Waals surface area (Å²) < 4.78 is 5.51. The summed E-state index contributed by atoms with van der Waals surface area (Å²) in [6.07, 6.45) is 0.278. The van der Waals surface area contributed by atoms with Crippen molar-refractivity contribution in [3.63, 3.8) is 0 Å². The Hall–Kier alpha value is -4.27. The first-order valence-corrected chi connectivity index (χ1v) is 11.1. The SMILES string of the molecule is NCCCC[C@@H]1NC(=O)[C@H](CCC(=O)O)NC(=O)c2cc([N+](=O)[O-])ccc2OC[C@@H](C(N)=O)NC1=O. The highest BCUT2D eigenvalue weighted by atomic mass is 16.6. The molecular weight excluding hydrogens is 480 g/mol. The highest BCUT2D eigenvalue weighted by Gasteiger charge is 2.31. The van der Waals surface area contributed by atoms with Crippen LogP contribution in [0.4, 0.5) is 5.69 Å². The number of ether oxygens (including phenoxy) is 1. The first-order valence-electron chi connectivity index (χ1n) is 11.1. The number of primary amides is 1. The normalized spacial score (nSPS) is 20.7. The number of nitro groups is 1. The monoisotopic (exact) mass is 508 g/mol. The average Bonchev–Trinajstić information content (AvgIpc) is 2.82. The molecule has 2 rings (SSSR count). The second-order valence-electron chi connectivity index (χ2n) is 8.02. The molecule has 36 heavy (non-hydrogen) atoms. The molecule has 3 atom stereocenters. The number of hydrogen-bond donors (Lipinski definition) is 6. The van der Waals surface area contributed by atoms with E-state index in [-0.39, 0.29) is 24.2 Å². The molecule has 1 heterocycles. The van der Waals surface area contributed by atoms with Gasteiger partial charge in [0.25, 0.3) is 11.6 Å². The minimum Gasteiger partial charge on any atom is -0.490 e. The third-order valence-electron chi connectivity index (χ3n) is 5.33. The summed E-state index contributed by atoms with van der Waals surface area (Å²) in [5, 5.41) is 27.5. The van der Waals surface area contributed by atoms with Gasteiger partial charge in [0.15, 0.2) is 0 Å². The van der Waals surface area contributed by atoms with Crippen LogP contribution in [0.3, 0.4) is 0 Å². The minimum atomic E-state index is -1.40. The first-order chi connectivity index (χ1) is 17.0. The van der Waals surface area contributed by atoms with E-state index in [1.807, 2.05) is 0 Å². The highest BCUT2D eigenvalue weighted by Crippen LogP contribution is 2.25. The maximum absolute atomic E-state index is 13.0. The van der Waals surface area contributed by atoms with Gasteiger partial charge in [0.1, 0.15) is 30.5 Å². The lowest BCUT2D eigenvalue weighted by Crippen LogP contribution is -2.57. The second-order valence-corrected chi connectivity index (χ2v) is 8.02. The van der Waals surface area contributed by atoms with Crippen molar-refractivity contribution in [2.75, 3.05) is 13.2 Å². The number of benzene rings is 1. The molecule has 0 unspecified atom stereocenters. The number of nitrogens with zero attached hydrogens (tertiary/aromatic N) is 1. The highest BCUT2D eigenvalue weighted by molar-refractivity contribution is 6.01. The van der Waals surface area contributed by atoms with Gasteiger partial charge in [-0.1, -0.05) is 0 Å². The molecule has 0 radical (unpaired) electrons. The fourth-order valence-corrected chi connectivity index (χ4v) is 3.38. The predicted octanol–water partition coefficient (Wildman–Crippen LogP) is -1.47. The van der Waals surface area contributed by atoms with Crippen LogP contribution in [0.15, 0.2) is 18.2 Å². The van der Waals surface area contributed by atoms with Crippen LogP contribution in [-0.2, 0) is 19.2 Å². The number of rotatable bonds is 9. The van der Waals surface area contributed by atoms with Crippen LogP contribution in [-0.4, -0.2) is 70.9 Å². The molecule has 196 valence electrons. The van der Waals surface area contributed by atoms with E-state index < -0.39 is 71.4 Å². The molecule has 0 bridgehead atoms. The van der Waals surface area contributed by atoms with E-state index in [0.717, 1.165) is 18.2 Å². The van der Waals surface area contributed by atoms with Crippen molar-refractivity contribution in [2.24, 2.45) is 11.5 Å². The Kier molecular flexibility index (Phi) is 10.1. The number of carboxylic acid groups (broad SMARTS) is 1. The number of carboxylic acids is 1. The maximum atomic E-state index is 13.0. The Bertz CT molecular complexity index is 1030. The molecule has 0 saturated carbocycles. The van der Waals surface area contributed by atoms with Crippen molar-refractivity contribution >= 4 is 35.3 Å². The zero-order chi connectivity index (χ0) is 26.8. The van der Waals surface area contributed by atoms with Crippen molar-refractivity contribution in [2.45, 2.75) is 50.2 Å². The summed E-state index contributed by atoms with van der Waals surface area (Å²) in [6, 6.07) is -0.832. The molecule has 15 nitrogen and oxygen atoms in total. The number of nitro benzene ring substituents is 1. The van der Waals surface area contributed by atoms with Gasteiger partial charge in [-0.3, -0.25) is 34.1 Å².